The molecule has 0 bridgehead atoms. The Kier molecular flexibility index (Phi) is 4.84. The van der Waals surface area contributed by atoms with E-state index in [1.807, 2.05) is 61.5 Å². The van der Waals surface area contributed by atoms with Gasteiger partial charge >= 0.3 is 0 Å². The number of carbonyl (C=O) groups excluding carboxylic acids is 2. The van der Waals surface area contributed by atoms with Crippen LogP contribution in [0.25, 0.3) is 0 Å². The number of para-hydroxylation sites is 1. The molecule has 0 N–H and O–H groups in total. The van der Waals surface area contributed by atoms with E-state index in [-0.39, 0.29) is 17.7 Å². The van der Waals surface area contributed by atoms with Gasteiger partial charge in [-0.2, -0.15) is 0 Å². The Labute approximate surface area is 159 Å². The van der Waals surface area contributed by atoms with Crippen molar-refractivity contribution >= 4 is 17.5 Å². The molecule has 0 aromatic heterocycles. The zero-order chi connectivity index (χ0) is 18.8. The van der Waals surface area contributed by atoms with Crippen molar-refractivity contribution in [3.8, 4) is 11.5 Å². The van der Waals surface area contributed by atoms with Crippen LogP contribution in [-0.4, -0.2) is 35.8 Å². The van der Waals surface area contributed by atoms with E-state index in [0.29, 0.717) is 13.1 Å². The van der Waals surface area contributed by atoms with E-state index < -0.39 is 6.04 Å². The van der Waals surface area contributed by atoms with Gasteiger partial charge in [-0.05, 0) is 56.2 Å². The van der Waals surface area contributed by atoms with E-state index in [0.717, 1.165) is 36.4 Å². The average molecular weight is 364 g/mol. The van der Waals surface area contributed by atoms with E-state index in [9.17, 15) is 9.59 Å². The van der Waals surface area contributed by atoms with E-state index >= 15 is 0 Å². The van der Waals surface area contributed by atoms with Crippen molar-refractivity contribution in [3.05, 3.63) is 54.6 Å². The Morgan fingerprint density at radius 3 is 2.26 bits per heavy atom. The summed E-state index contributed by atoms with van der Waals surface area (Å²) in [7, 11) is 0. The third kappa shape index (κ3) is 3.54. The van der Waals surface area contributed by atoms with Gasteiger partial charge < -0.3 is 14.5 Å². The van der Waals surface area contributed by atoms with Crippen molar-refractivity contribution in [1.82, 2.24) is 4.90 Å². The number of ether oxygens (including phenoxy) is 1. The molecule has 2 aliphatic rings. The predicted molar refractivity (Wildman–Crippen MR) is 104 cm³/mol. The average Bonchev–Trinajstić information content (AvgIpc) is 2.64. The number of hydrogen-bond acceptors (Lipinski definition) is 3. The Balaban J connectivity index is 1.43. The van der Waals surface area contributed by atoms with Gasteiger partial charge in [-0.3, -0.25) is 9.59 Å². The number of amides is 2. The molecule has 2 aromatic carbocycles. The standard InChI is InChI=1S/C22H24N2O3/c1-16-21(25)24(15-14-23(16)22(26)17-6-5-7-17)18-10-12-20(13-11-18)27-19-8-3-2-4-9-19/h2-4,8-13,16-17H,5-7,14-15H2,1H3/t16-/m0/s1. The fourth-order valence-electron chi connectivity index (χ4n) is 3.64. The Morgan fingerprint density at radius 2 is 1.63 bits per heavy atom. The summed E-state index contributed by atoms with van der Waals surface area (Å²) in [6.07, 6.45) is 3.04. The molecule has 27 heavy (non-hydrogen) atoms. The lowest BCUT2D eigenvalue weighted by Crippen LogP contribution is -2.59. The van der Waals surface area contributed by atoms with Crippen molar-refractivity contribution in [2.45, 2.75) is 32.2 Å². The van der Waals surface area contributed by atoms with Crippen LogP contribution in [0.5, 0.6) is 11.5 Å². The highest BCUT2D eigenvalue weighted by Gasteiger charge is 2.38. The number of nitrogens with zero attached hydrogens (tertiary/aromatic N) is 2. The molecule has 2 amide bonds. The molecule has 1 saturated carbocycles. The van der Waals surface area contributed by atoms with Crippen molar-refractivity contribution in [2.75, 3.05) is 18.0 Å². The summed E-state index contributed by atoms with van der Waals surface area (Å²) in [6.45, 7) is 2.95. The maximum Gasteiger partial charge on any atom is 0.249 e. The highest BCUT2D eigenvalue weighted by Crippen LogP contribution is 2.31. The molecule has 1 saturated heterocycles. The van der Waals surface area contributed by atoms with Crippen molar-refractivity contribution in [3.63, 3.8) is 0 Å². The van der Waals surface area contributed by atoms with Gasteiger partial charge in [-0.15, -0.1) is 0 Å². The van der Waals surface area contributed by atoms with Crippen LogP contribution in [-0.2, 0) is 9.59 Å². The minimum absolute atomic E-state index is 0.0225. The minimum Gasteiger partial charge on any atom is -0.457 e. The maximum absolute atomic E-state index is 12.8. The SMILES string of the molecule is C[C@H]1C(=O)N(c2ccc(Oc3ccccc3)cc2)CCN1C(=O)C1CCC1. The van der Waals surface area contributed by atoms with Crippen LogP contribution in [0, 0.1) is 5.92 Å². The molecule has 2 fully saturated rings. The van der Waals surface area contributed by atoms with Gasteiger partial charge in [0.25, 0.3) is 0 Å². The van der Waals surface area contributed by atoms with Crippen molar-refractivity contribution in [1.29, 1.82) is 0 Å². The second-order valence-electron chi connectivity index (χ2n) is 7.23. The number of piperazine rings is 1. The van der Waals surface area contributed by atoms with Gasteiger partial charge in [0.2, 0.25) is 11.8 Å². The van der Waals surface area contributed by atoms with E-state index in [1.54, 1.807) is 9.80 Å². The molecule has 1 aliphatic heterocycles. The van der Waals surface area contributed by atoms with Crippen LogP contribution in [0.15, 0.2) is 54.6 Å². The van der Waals surface area contributed by atoms with Gasteiger partial charge in [0.05, 0.1) is 0 Å². The number of carbonyl (C=O) groups is 2. The molecular weight excluding hydrogens is 340 g/mol. The van der Waals surface area contributed by atoms with Gasteiger partial charge in [0.15, 0.2) is 0 Å². The number of hydrogen-bond donors (Lipinski definition) is 0. The quantitative estimate of drug-likeness (QED) is 0.828. The molecule has 1 aliphatic carbocycles. The summed E-state index contributed by atoms with van der Waals surface area (Å²) in [4.78, 5) is 28.9. The zero-order valence-electron chi connectivity index (χ0n) is 15.5. The lowest BCUT2D eigenvalue weighted by atomic mass is 9.84. The number of rotatable bonds is 4. The van der Waals surface area contributed by atoms with Crippen LogP contribution < -0.4 is 9.64 Å². The van der Waals surface area contributed by atoms with Crippen molar-refractivity contribution in [2.24, 2.45) is 5.92 Å². The number of benzene rings is 2. The highest BCUT2D eigenvalue weighted by atomic mass is 16.5. The normalized spacial score (nSPS) is 20.3. The first-order valence-electron chi connectivity index (χ1n) is 9.58. The first-order chi connectivity index (χ1) is 13.1. The topological polar surface area (TPSA) is 49.9 Å². The maximum atomic E-state index is 12.8. The summed E-state index contributed by atoms with van der Waals surface area (Å²) in [5.41, 5.74) is 0.836. The Hall–Kier alpha value is -2.82. The molecule has 1 heterocycles. The second-order valence-corrected chi connectivity index (χ2v) is 7.23. The highest BCUT2D eigenvalue weighted by molar-refractivity contribution is 6.00. The summed E-state index contributed by atoms with van der Waals surface area (Å²) >= 11 is 0. The van der Waals surface area contributed by atoms with Gasteiger partial charge in [0, 0.05) is 24.7 Å². The van der Waals surface area contributed by atoms with E-state index in [2.05, 4.69) is 0 Å². The Bertz CT molecular complexity index is 815. The molecule has 0 radical (unpaired) electrons. The van der Waals surface area contributed by atoms with Crippen LogP contribution in [0.3, 0.4) is 0 Å². The minimum atomic E-state index is -0.410. The molecule has 0 spiro atoms. The van der Waals surface area contributed by atoms with Gasteiger partial charge in [-0.1, -0.05) is 24.6 Å². The monoisotopic (exact) mass is 364 g/mol. The Morgan fingerprint density at radius 1 is 0.963 bits per heavy atom. The smallest absolute Gasteiger partial charge is 0.249 e. The molecular formula is C22H24N2O3. The molecule has 1 atom stereocenters. The van der Waals surface area contributed by atoms with E-state index in [4.69, 9.17) is 4.74 Å². The molecule has 4 rings (SSSR count). The predicted octanol–water partition coefficient (Wildman–Crippen LogP) is 3.84. The second kappa shape index (κ2) is 7.43. The lowest BCUT2D eigenvalue weighted by Gasteiger charge is -2.41. The van der Waals surface area contributed by atoms with Crippen LogP contribution in [0.2, 0.25) is 0 Å². The largest absolute Gasteiger partial charge is 0.457 e. The third-order valence-corrected chi connectivity index (χ3v) is 5.52. The van der Waals surface area contributed by atoms with Crippen LogP contribution >= 0.6 is 0 Å². The fourth-order valence-corrected chi connectivity index (χ4v) is 3.64. The first-order valence-corrected chi connectivity index (χ1v) is 9.58. The third-order valence-electron chi connectivity index (χ3n) is 5.52. The van der Waals surface area contributed by atoms with Gasteiger partial charge in [0.1, 0.15) is 17.5 Å². The lowest BCUT2D eigenvalue weighted by molar-refractivity contribution is -0.146. The molecule has 5 heteroatoms. The first kappa shape index (κ1) is 17.6. The molecule has 5 nitrogen and oxygen atoms in total. The fraction of sp³-hybridized carbons (Fsp3) is 0.364. The van der Waals surface area contributed by atoms with E-state index in [1.165, 1.54) is 0 Å². The molecule has 2 aromatic rings. The van der Waals surface area contributed by atoms with Crippen molar-refractivity contribution < 1.29 is 14.3 Å². The van der Waals surface area contributed by atoms with Gasteiger partial charge in [-0.25, -0.2) is 0 Å². The molecule has 140 valence electrons. The summed E-state index contributed by atoms with van der Waals surface area (Å²) < 4.78 is 5.81. The molecule has 0 unspecified atom stereocenters. The summed E-state index contributed by atoms with van der Waals surface area (Å²) in [5, 5.41) is 0. The number of anilines is 1. The van der Waals surface area contributed by atoms with Crippen LogP contribution in [0.1, 0.15) is 26.2 Å². The summed E-state index contributed by atoms with van der Waals surface area (Å²) in [5.74, 6) is 1.75. The summed E-state index contributed by atoms with van der Waals surface area (Å²) in [6, 6.07) is 16.7. The van der Waals surface area contributed by atoms with Crippen LogP contribution in [0.4, 0.5) is 5.69 Å². The zero-order valence-corrected chi connectivity index (χ0v) is 15.5.